The van der Waals surface area contributed by atoms with Crippen LogP contribution in [0.5, 0.6) is 11.5 Å². The molecule has 0 atom stereocenters. The average Bonchev–Trinajstić information content (AvgIpc) is 2.73. The number of methoxy groups -OCH3 is 1. The van der Waals surface area contributed by atoms with Crippen LogP contribution in [0.15, 0.2) is 77.9 Å². The van der Waals surface area contributed by atoms with E-state index in [9.17, 15) is 4.79 Å². The first-order valence-electron chi connectivity index (χ1n) is 8.59. The molecule has 1 amide bonds. The van der Waals surface area contributed by atoms with Crippen LogP contribution >= 0.6 is 22.6 Å². The van der Waals surface area contributed by atoms with E-state index in [1.165, 1.54) is 0 Å². The molecule has 0 saturated carbocycles. The SMILES string of the molecule is COc1ccc(/C=N\NC(=O)COc2ccc(-c3ccccc3)cc2)cc1I. The van der Waals surface area contributed by atoms with Crippen LogP contribution < -0.4 is 14.9 Å². The van der Waals surface area contributed by atoms with Gasteiger partial charge in [-0.3, -0.25) is 4.79 Å². The van der Waals surface area contributed by atoms with E-state index in [1.807, 2.05) is 72.8 Å². The van der Waals surface area contributed by atoms with Crippen molar-refractivity contribution in [1.29, 1.82) is 0 Å². The normalized spacial score (nSPS) is 10.6. The van der Waals surface area contributed by atoms with Gasteiger partial charge in [-0.1, -0.05) is 42.5 Å². The smallest absolute Gasteiger partial charge is 0.277 e. The molecule has 0 heterocycles. The van der Waals surface area contributed by atoms with Crippen molar-refractivity contribution >= 4 is 34.7 Å². The Hall–Kier alpha value is -2.87. The second kappa shape index (κ2) is 9.89. The summed E-state index contributed by atoms with van der Waals surface area (Å²) in [5.41, 5.74) is 5.55. The van der Waals surface area contributed by atoms with Gasteiger partial charge in [0, 0.05) is 0 Å². The van der Waals surface area contributed by atoms with Crippen LogP contribution in [-0.4, -0.2) is 25.8 Å². The van der Waals surface area contributed by atoms with Gasteiger partial charge in [0.25, 0.3) is 5.91 Å². The molecule has 0 fully saturated rings. The van der Waals surface area contributed by atoms with Crippen LogP contribution in [0.25, 0.3) is 11.1 Å². The van der Waals surface area contributed by atoms with E-state index in [2.05, 4.69) is 33.1 Å². The van der Waals surface area contributed by atoms with E-state index in [-0.39, 0.29) is 12.5 Å². The molecule has 0 unspecified atom stereocenters. The number of benzene rings is 3. The number of nitrogens with zero attached hydrogens (tertiary/aromatic N) is 1. The maximum atomic E-state index is 11.9. The van der Waals surface area contributed by atoms with Crippen molar-refractivity contribution < 1.29 is 14.3 Å². The fourth-order valence-corrected chi connectivity index (χ4v) is 3.26. The van der Waals surface area contributed by atoms with E-state index in [0.29, 0.717) is 5.75 Å². The molecule has 142 valence electrons. The summed E-state index contributed by atoms with van der Waals surface area (Å²) in [6.07, 6.45) is 1.58. The van der Waals surface area contributed by atoms with E-state index in [0.717, 1.165) is 26.0 Å². The summed E-state index contributed by atoms with van der Waals surface area (Å²) in [6.45, 7) is -0.109. The van der Waals surface area contributed by atoms with Crippen LogP contribution in [0.2, 0.25) is 0 Å². The number of hydrazone groups is 1. The molecule has 3 rings (SSSR count). The summed E-state index contributed by atoms with van der Waals surface area (Å²) in [5.74, 6) is 1.10. The van der Waals surface area contributed by atoms with Crippen molar-refractivity contribution in [2.75, 3.05) is 13.7 Å². The number of nitrogens with one attached hydrogen (secondary N) is 1. The Bertz CT molecular complexity index is 957. The number of amides is 1. The van der Waals surface area contributed by atoms with Gasteiger partial charge >= 0.3 is 0 Å². The highest BCUT2D eigenvalue weighted by Gasteiger charge is 2.03. The minimum atomic E-state index is -0.327. The fourth-order valence-electron chi connectivity index (χ4n) is 2.50. The first kappa shape index (κ1) is 19.9. The molecule has 28 heavy (non-hydrogen) atoms. The molecular formula is C22H19IN2O3. The number of hydrogen-bond acceptors (Lipinski definition) is 4. The zero-order valence-electron chi connectivity index (χ0n) is 15.3. The molecule has 3 aromatic carbocycles. The number of carbonyl (C=O) groups is 1. The Labute approximate surface area is 177 Å². The summed E-state index contributed by atoms with van der Waals surface area (Å²) >= 11 is 2.18. The zero-order chi connectivity index (χ0) is 19.8. The van der Waals surface area contributed by atoms with Gasteiger partial charge in [0.1, 0.15) is 11.5 Å². The van der Waals surface area contributed by atoms with Gasteiger partial charge in [0.15, 0.2) is 6.61 Å². The van der Waals surface area contributed by atoms with Crippen LogP contribution in [0.3, 0.4) is 0 Å². The number of ether oxygens (including phenoxy) is 2. The van der Waals surface area contributed by atoms with Crippen molar-refractivity contribution in [1.82, 2.24) is 5.43 Å². The minimum absolute atomic E-state index is 0.109. The van der Waals surface area contributed by atoms with Crippen LogP contribution in [-0.2, 0) is 4.79 Å². The molecule has 0 aliphatic carbocycles. The predicted octanol–water partition coefficient (Wildman–Crippen LogP) is 4.50. The molecule has 0 aliphatic rings. The van der Waals surface area contributed by atoms with Crippen molar-refractivity contribution in [3.8, 4) is 22.6 Å². The highest BCUT2D eigenvalue weighted by molar-refractivity contribution is 14.1. The van der Waals surface area contributed by atoms with Gasteiger partial charge in [-0.05, 0) is 69.6 Å². The molecule has 0 bridgehead atoms. The summed E-state index contributed by atoms with van der Waals surface area (Å²) in [7, 11) is 1.63. The molecular weight excluding hydrogens is 467 g/mol. The van der Waals surface area contributed by atoms with Gasteiger partial charge in [-0.15, -0.1) is 0 Å². The summed E-state index contributed by atoms with van der Waals surface area (Å²) < 4.78 is 11.7. The highest BCUT2D eigenvalue weighted by atomic mass is 127. The second-order valence-electron chi connectivity index (χ2n) is 5.87. The standard InChI is InChI=1S/C22H19IN2O3/c1-27-21-12-7-16(13-20(21)23)14-24-25-22(26)15-28-19-10-8-18(9-11-19)17-5-3-2-4-6-17/h2-14H,15H2,1H3,(H,25,26)/b24-14-. The number of carbonyl (C=O) groups excluding carboxylic acids is 1. The van der Waals surface area contributed by atoms with Crippen molar-refractivity contribution in [2.24, 2.45) is 5.10 Å². The van der Waals surface area contributed by atoms with Gasteiger partial charge in [0.05, 0.1) is 16.9 Å². The summed E-state index contributed by atoms with van der Waals surface area (Å²) in [5, 5.41) is 3.96. The topological polar surface area (TPSA) is 59.9 Å². The Morgan fingerprint density at radius 2 is 1.75 bits per heavy atom. The van der Waals surface area contributed by atoms with Crippen LogP contribution in [0, 0.1) is 3.57 Å². The Balaban J connectivity index is 1.48. The summed E-state index contributed by atoms with van der Waals surface area (Å²) in [4.78, 5) is 11.9. The van der Waals surface area contributed by atoms with Crippen molar-refractivity contribution in [3.05, 3.63) is 81.9 Å². The lowest BCUT2D eigenvalue weighted by Gasteiger charge is -2.07. The predicted molar refractivity (Wildman–Crippen MR) is 119 cm³/mol. The largest absolute Gasteiger partial charge is 0.496 e. The molecule has 0 saturated heterocycles. The molecule has 0 aromatic heterocycles. The molecule has 3 aromatic rings. The zero-order valence-corrected chi connectivity index (χ0v) is 17.4. The third kappa shape index (κ3) is 5.56. The molecule has 6 heteroatoms. The first-order valence-corrected chi connectivity index (χ1v) is 9.67. The van der Waals surface area contributed by atoms with E-state index < -0.39 is 0 Å². The average molecular weight is 486 g/mol. The fraction of sp³-hybridized carbons (Fsp3) is 0.0909. The first-order chi connectivity index (χ1) is 13.7. The molecule has 0 aliphatic heterocycles. The monoisotopic (exact) mass is 486 g/mol. The molecule has 5 nitrogen and oxygen atoms in total. The Morgan fingerprint density at radius 1 is 1.04 bits per heavy atom. The Kier molecular flexibility index (Phi) is 7.02. The lowest BCUT2D eigenvalue weighted by atomic mass is 10.1. The third-order valence-electron chi connectivity index (χ3n) is 3.91. The van der Waals surface area contributed by atoms with Crippen LogP contribution in [0.1, 0.15) is 5.56 Å². The number of halogens is 1. The van der Waals surface area contributed by atoms with E-state index in [4.69, 9.17) is 9.47 Å². The Morgan fingerprint density at radius 3 is 2.43 bits per heavy atom. The van der Waals surface area contributed by atoms with Gasteiger partial charge in [-0.25, -0.2) is 5.43 Å². The molecule has 0 radical (unpaired) electrons. The van der Waals surface area contributed by atoms with Gasteiger partial charge in [-0.2, -0.15) is 5.10 Å². The number of hydrogen-bond donors (Lipinski definition) is 1. The van der Waals surface area contributed by atoms with Crippen molar-refractivity contribution in [3.63, 3.8) is 0 Å². The highest BCUT2D eigenvalue weighted by Crippen LogP contribution is 2.22. The quantitative estimate of drug-likeness (QED) is 0.304. The second-order valence-corrected chi connectivity index (χ2v) is 7.03. The molecule has 1 N–H and O–H groups in total. The number of rotatable bonds is 7. The van der Waals surface area contributed by atoms with E-state index in [1.54, 1.807) is 13.3 Å². The summed E-state index contributed by atoms with van der Waals surface area (Å²) in [6, 6.07) is 23.3. The van der Waals surface area contributed by atoms with Gasteiger partial charge < -0.3 is 9.47 Å². The maximum absolute atomic E-state index is 11.9. The van der Waals surface area contributed by atoms with Crippen molar-refractivity contribution in [2.45, 2.75) is 0 Å². The van der Waals surface area contributed by atoms with Gasteiger partial charge in [0.2, 0.25) is 0 Å². The minimum Gasteiger partial charge on any atom is -0.496 e. The lowest BCUT2D eigenvalue weighted by molar-refractivity contribution is -0.123. The maximum Gasteiger partial charge on any atom is 0.277 e. The lowest BCUT2D eigenvalue weighted by Crippen LogP contribution is -2.24. The molecule has 0 spiro atoms. The van der Waals surface area contributed by atoms with Crippen LogP contribution in [0.4, 0.5) is 0 Å². The third-order valence-corrected chi connectivity index (χ3v) is 4.75. The van der Waals surface area contributed by atoms with E-state index >= 15 is 0 Å².